The molecule has 8 heteroatoms. The van der Waals surface area contributed by atoms with Gasteiger partial charge in [0.25, 0.3) is 11.8 Å². The first kappa shape index (κ1) is 20.0. The molecule has 0 heterocycles. The lowest BCUT2D eigenvalue weighted by molar-refractivity contribution is -0.862. The zero-order valence-corrected chi connectivity index (χ0v) is 15.9. The van der Waals surface area contributed by atoms with E-state index in [1.165, 1.54) is 7.11 Å². The molecule has 0 radical (unpaired) electrons. The van der Waals surface area contributed by atoms with Crippen LogP contribution in [0.15, 0.2) is 42.5 Å². The van der Waals surface area contributed by atoms with Crippen molar-refractivity contribution < 1.29 is 19.2 Å². The van der Waals surface area contributed by atoms with E-state index >= 15 is 0 Å². The highest BCUT2D eigenvalue weighted by Crippen LogP contribution is 2.29. The number of carbonyl (C=O) groups is 2. The van der Waals surface area contributed by atoms with Gasteiger partial charge < -0.3 is 20.3 Å². The Kier molecular flexibility index (Phi) is 7.26. The van der Waals surface area contributed by atoms with Crippen molar-refractivity contribution in [1.82, 2.24) is 0 Å². The molecule has 0 aliphatic heterocycles. The van der Waals surface area contributed by atoms with Crippen LogP contribution < -0.4 is 20.3 Å². The second-order valence-electron chi connectivity index (χ2n) is 5.70. The van der Waals surface area contributed by atoms with E-state index in [2.05, 4.69) is 10.6 Å². The number of anilines is 2. The summed E-state index contributed by atoms with van der Waals surface area (Å²) in [4.78, 5) is 25.1. The second kappa shape index (κ2) is 9.43. The number of carbonyl (C=O) groups excluding carboxylic acids is 2. The fourth-order valence-corrected chi connectivity index (χ4v) is 2.85. The fraction of sp³-hybridized carbons (Fsp3) is 0.222. The first-order valence-electron chi connectivity index (χ1n) is 7.88. The van der Waals surface area contributed by atoms with E-state index in [4.69, 9.17) is 27.9 Å². The summed E-state index contributed by atoms with van der Waals surface area (Å²) in [5.74, 6) is 0.0581. The van der Waals surface area contributed by atoms with Crippen molar-refractivity contribution in [2.45, 2.75) is 0 Å². The third-order valence-electron chi connectivity index (χ3n) is 3.53. The van der Waals surface area contributed by atoms with Crippen molar-refractivity contribution in [3.63, 3.8) is 0 Å². The average molecular weight is 397 g/mol. The molecule has 0 aliphatic rings. The Hall–Kier alpha value is -2.28. The van der Waals surface area contributed by atoms with Gasteiger partial charge in [-0.2, -0.15) is 0 Å². The molecule has 2 amide bonds. The number of amides is 2. The molecule has 2 aromatic rings. The van der Waals surface area contributed by atoms with Crippen LogP contribution in [-0.4, -0.2) is 39.1 Å². The molecule has 0 saturated heterocycles. The number of methoxy groups -OCH3 is 1. The zero-order valence-electron chi connectivity index (χ0n) is 14.4. The Morgan fingerprint density at radius 2 is 1.54 bits per heavy atom. The van der Waals surface area contributed by atoms with Gasteiger partial charge in [-0.15, -0.1) is 0 Å². The predicted octanol–water partition coefficient (Wildman–Crippen LogP) is 2.09. The largest absolute Gasteiger partial charge is 0.495 e. The molecule has 1 atom stereocenters. The van der Waals surface area contributed by atoms with Gasteiger partial charge in [-0.1, -0.05) is 41.4 Å². The standard InChI is InChI=1S/C18H19Cl2N3O3/c1-23(10-16(24)21-14-8-3-4-9-15(14)26-2)11-17(25)22-18-12(19)6-5-7-13(18)20/h3-9H,10-11H2,1-2H3,(H,21,24)(H,22,25)/p+1. The Balaban J connectivity index is 1.88. The quantitative estimate of drug-likeness (QED) is 0.670. The molecule has 26 heavy (non-hydrogen) atoms. The third-order valence-corrected chi connectivity index (χ3v) is 4.16. The molecule has 2 rings (SSSR count). The Bertz CT molecular complexity index is 779. The minimum atomic E-state index is -0.289. The maximum Gasteiger partial charge on any atom is 0.279 e. The highest BCUT2D eigenvalue weighted by Gasteiger charge is 2.17. The number of likely N-dealkylation sites (N-methyl/N-ethyl adjacent to an activating group) is 1. The number of hydrogen-bond donors (Lipinski definition) is 3. The average Bonchev–Trinajstić information content (AvgIpc) is 2.58. The molecule has 2 aromatic carbocycles. The monoisotopic (exact) mass is 396 g/mol. The van der Waals surface area contributed by atoms with Gasteiger partial charge >= 0.3 is 0 Å². The minimum absolute atomic E-state index is 0.0842. The molecule has 0 saturated carbocycles. The van der Waals surface area contributed by atoms with E-state index < -0.39 is 0 Å². The van der Waals surface area contributed by atoms with Crippen LogP contribution in [0.4, 0.5) is 11.4 Å². The fourth-order valence-electron chi connectivity index (χ4n) is 2.35. The lowest BCUT2D eigenvalue weighted by atomic mass is 10.3. The van der Waals surface area contributed by atoms with Crippen molar-refractivity contribution in [3.05, 3.63) is 52.5 Å². The van der Waals surface area contributed by atoms with Gasteiger partial charge in [-0.05, 0) is 24.3 Å². The lowest BCUT2D eigenvalue weighted by Crippen LogP contribution is -3.11. The van der Waals surface area contributed by atoms with Gasteiger partial charge in [0, 0.05) is 0 Å². The molecule has 1 unspecified atom stereocenters. The summed E-state index contributed by atoms with van der Waals surface area (Å²) in [5, 5.41) is 6.17. The SMILES string of the molecule is COc1ccccc1NC(=O)C[NH+](C)CC(=O)Nc1c(Cl)cccc1Cl. The number of halogens is 2. The van der Waals surface area contributed by atoms with Crippen molar-refractivity contribution in [3.8, 4) is 5.75 Å². The first-order valence-corrected chi connectivity index (χ1v) is 8.64. The van der Waals surface area contributed by atoms with Crippen LogP contribution in [0.2, 0.25) is 10.0 Å². The lowest BCUT2D eigenvalue weighted by Gasteiger charge is -2.15. The molecule has 0 bridgehead atoms. The molecule has 0 spiro atoms. The van der Waals surface area contributed by atoms with Gasteiger partial charge in [0.2, 0.25) is 0 Å². The maximum absolute atomic E-state index is 12.2. The number of quaternary nitrogens is 1. The van der Waals surface area contributed by atoms with Gasteiger partial charge in [-0.3, -0.25) is 9.59 Å². The van der Waals surface area contributed by atoms with Crippen molar-refractivity contribution in [2.75, 3.05) is 37.9 Å². The van der Waals surface area contributed by atoms with Crippen molar-refractivity contribution >= 4 is 46.4 Å². The van der Waals surface area contributed by atoms with E-state index in [-0.39, 0.29) is 24.9 Å². The number of para-hydroxylation sites is 3. The van der Waals surface area contributed by atoms with E-state index in [0.29, 0.717) is 32.1 Å². The topological polar surface area (TPSA) is 71.9 Å². The van der Waals surface area contributed by atoms with E-state index in [9.17, 15) is 9.59 Å². The highest BCUT2D eigenvalue weighted by molar-refractivity contribution is 6.39. The Labute approximate surface area is 162 Å². The van der Waals surface area contributed by atoms with E-state index in [0.717, 1.165) is 0 Å². The zero-order chi connectivity index (χ0) is 19.1. The van der Waals surface area contributed by atoms with E-state index in [1.807, 2.05) is 6.07 Å². The summed E-state index contributed by atoms with van der Waals surface area (Å²) in [5.41, 5.74) is 0.951. The van der Waals surface area contributed by atoms with Crippen LogP contribution in [0.5, 0.6) is 5.75 Å². The molecule has 6 nitrogen and oxygen atoms in total. The van der Waals surface area contributed by atoms with Crippen molar-refractivity contribution in [1.29, 1.82) is 0 Å². The van der Waals surface area contributed by atoms with Crippen LogP contribution in [-0.2, 0) is 9.59 Å². The number of benzene rings is 2. The summed E-state index contributed by atoms with van der Waals surface area (Å²) < 4.78 is 5.19. The Morgan fingerprint density at radius 1 is 0.962 bits per heavy atom. The van der Waals surface area contributed by atoms with Crippen LogP contribution in [0.25, 0.3) is 0 Å². The molecule has 0 fully saturated rings. The summed E-state index contributed by atoms with van der Waals surface area (Å²) in [6.07, 6.45) is 0. The highest BCUT2D eigenvalue weighted by atomic mass is 35.5. The third kappa shape index (κ3) is 5.62. The summed E-state index contributed by atoms with van der Waals surface area (Å²) in [6, 6.07) is 12.1. The van der Waals surface area contributed by atoms with Crippen molar-refractivity contribution in [2.24, 2.45) is 0 Å². The van der Waals surface area contributed by atoms with Crippen LogP contribution in [0.1, 0.15) is 0 Å². The molecule has 138 valence electrons. The van der Waals surface area contributed by atoms with Gasteiger partial charge in [0.1, 0.15) is 5.75 Å². The second-order valence-corrected chi connectivity index (χ2v) is 6.52. The predicted molar refractivity (Wildman–Crippen MR) is 103 cm³/mol. The Morgan fingerprint density at radius 3 is 2.15 bits per heavy atom. The van der Waals surface area contributed by atoms with Crippen LogP contribution in [0.3, 0.4) is 0 Å². The summed E-state index contributed by atoms with van der Waals surface area (Å²) in [6.45, 7) is 0.197. The smallest absolute Gasteiger partial charge is 0.279 e. The van der Waals surface area contributed by atoms with Gasteiger partial charge in [-0.25, -0.2) is 0 Å². The van der Waals surface area contributed by atoms with Gasteiger partial charge in [0.15, 0.2) is 13.1 Å². The molecule has 3 N–H and O–H groups in total. The number of nitrogens with one attached hydrogen (secondary N) is 3. The minimum Gasteiger partial charge on any atom is -0.495 e. The molecule has 0 aliphatic carbocycles. The molecule has 0 aromatic heterocycles. The summed E-state index contributed by atoms with van der Waals surface area (Å²) >= 11 is 12.1. The first-order chi connectivity index (χ1) is 12.4. The number of rotatable bonds is 7. The summed E-state index contributed by atoms with van der Waals surface area (Å²) in [7, 11) is 3.28. The van der Waals surface area contributed by atoms with E-state index in [1.54, 1.807) is 43.4 Å². The normalized spacial score (nSPS) is 11.5. The molecular formula is C18H20Cl2N3O3+. The molecular weight excluding hydrogens is 377 g/mol. The van der Waals surface area contributed by atoms with Gasteiger partial charge in [0.05, 0.1) is 35.6 Å². The number of hydrogen-bond acceptors (Lipinski definition) is 3. The van der Waals surface area contributed by atoms with Crippen LogP contribution in [0, 0.1) is 0 Å². The number of ether oxygens (including phenoxy) is 1. The maximum atomic E-state index is 12.2. The van der Waals surface area contributed by atoms with Crippen LogP contribution >= 0.6 is 23.2 Å².